The monoisotopic (exact) mass is 352 g/mol. The molecule has 136 valence electrons. The van der Waals surface area contributed by atoms with Crippen molar-refractivity contribution < 1.29 is 29.2 Å². The fourth-order valence-corrected chi connectivity index (χ4v) is 2.00. The number of nitro groups is 1. The summed E-state index contributed by atoms with van der Waals surface area (Å²) in [7, 11) is 0. The highest BCUT2D eigenvalue weighted by molar-refractivity contribution is 5.87. The second-order valence-corrected chi connectivity index (χ2v) is 5.82. The first-order valence-corrected chi connectivity index (χ1v) is 7.66. The maximum absolute atomic E-state index is 12.3. The zero-order chi connectivity index (χ0) is 19.0. The summed E-state index contributed by atoms with van der Waals surface area (Å²) in [5.74, 6) is -2.19. The minimum absolute atomic E-state index is 0.0779. The number of hydrogen-bond acceptors (Lipinski definition) is 6. The summed E-state index contributed by atoms with van der Waals surface area (Å²) >= 11 is 0. The lowest BCUT2D eigenvalue weighted by Gasteiger charge is -2.19. The third kappa shape index (κ3) is 7.42. The largest absolute Gasteiger partial charge is 0.481 e. The summed E-state index contributed by atoms with van der Waals surface area (Å²) in [5.41, 5.74) is -0.138. The first kappa shape index (κ1) is 20.1. The average Bonchev–Trinajstić information content (AvgIpc) is 2.52. The smallest absolute Gasteiger partial charge is 0.334 e. The topological polar surface area (TPSA) is 136 Å². The highest BCUT2D eigenvalue weighted by atomic mass is 16.6. The third-order valence-electron chi connectivity index (χ3n) is 3.16. The van der Waals surface area contributed by atoms with Crippen LogP contribution in [0.2, 0.25) is 0 Å². The van der Waals surface area contributed by atoms with E-state index in [2.05, 4.69) is 5.32 Å². The van der Waals surface area contributed by atoms with E-state index in [1.165, 1.54) is 24.3 Å². The zero-order valence-corrected chi connectivity index (χ0v) is 13.9. The predicted molar refractivity (Wildman–Crippen MR) is 87.0 cm³/mol. The molecule has 0 saturated heterocycles. The van der Waals surface area contributed by atoms with Crippen molar-refractivity contribution in [2.24, 2.45) is 5.92 Å². The molecule has 1 amide bonds. The van der Waals surface area contributed by atoms with Crippen LogP contribution in [-0.2, 0) is 14.4 Å². The van der Waals surface area contributed by atoms with Crippen molar-refractivity contribution in [3.05, 3.63) is 34.4 Å². The van der Waals surface area contributed by atoms with Crippen molar-refractivity contribution in [1.82, 2.24) is 5.32 Å². The number of nitrogens with zero attached hydrogens (tertiary/aromatic N) is 1. The van der Waals surface area contributed by atoms with Crippen molar-refractivity contribution in [3.8, 4) is 5.75 Å². The molecule has 0 aliphatic heterocycles. The third-order valence-corrected chi connectivity index (χ3v) is 3.16. The van der Waals surface area contributed by atoms with Gasteiger partial charge in [0.2, 0.25) is 5.91 Å². The van der Waals surface area contributed by atoms with Crippen LogP contribution in [0.4, 0.5) is 5.69 Å². The molecular weight excluding hydrogens is 332 g/mol. The molecule has 0 aliphatic rings. The van der Waals surface area contributed by atoms with Crippen LogP contribution >= 0.6 is 0 Å². The Kier molecular flexibility index (Phi) is 7.51. The van der Waals surface area contributed by atoms with Crippen molar-refractivity contribution in [3.63, 3.8) is 0 Å². The molecule has 0 fully saturated rings. The molecule has 0 radical (unpaired) electrons. The fraction of sp³-hybridized carbons (Fsp3) is 0.438. The molecule has 0 saturated carbocycles. The lowest BCUT2D eigenvalue weighted by molar-refractivity contribution is -0.384. The van der Waals surface area contributed by atoms with Crippen molar-refractivity contribution in [2.75, 3.05) is 0 Å². The second kappa shape index (κ2) is 9.36. The molecule has 25 heavy (non-hydrogen) atoms. The van der Waals surface area contributed by atoms with Gasteiger partial charge in [-0.1, -0.05) is 13.8 Å². The van der Waals surface area contributed by atoms with Gasteiger partial charge in [-0.3, -0.25) is 19.7 Å². The first-order valence-electron chi connectivity index (χ1n) is 7.66. The summed E-state index contributed by atoms with van der Waals surface area (Å²) in [5, 5.41) is 21.7. The number of hydrogen-bond donors (Lipinski definition) is 2. The highest BCUT2D eigenvalue weighted by Gasteiger charge is 2.24. The molecule has 1 aromatic carbocycles. The van der Waals surface area contributed by atoms with Gasteiger partial charge < -0.3 is 15.2 Å². The highest BCUT2D eigenvalue weighted by Crippen LogP contribution is 2.18. The van der Waals surface area contributed by atoms with Crippen molar-refractivity contribution in [1.29, 1.82) is 0 Å². The molecule has 9 nitrogen and oxygen atoms in total. The predicted octanol–water partition coefficient (Wildman–Crippen LogP) is 1.90. The van der Waals surface area contributed by atoms with Crippen molar-refractivity contribution >= 4 is 23.5 Å². The second-order valence-electron chi connectivity index (χ2n) is 5.82. The number of non-ortho nitro benzene ring substituents is 1. The van der Waals surface area contributed by atoms with Gasteiger partial charge in [-0.15, -0.1) is 0 Å². The van der Waals surface area contributed by atoms with Gasteiger partial charge in [-0.25, -0.2) is 4.79 Å². The van der Waals surface area contributed by atoms with Crippen molar-refractivity contribution in [2.45, 2.75) is 39.2 Å². The van der Waals surface area contributed by atoms with E-state index < -0.39 is 28.8 Å². The number of aliphatic carboxylic acids is 1. The van der Waals surface area contributed by atoms with Gasteiger partial charge in [0.05, 0.1) is 11.3 Å². The molecular formula is C16H20N2O7. The summed E-state index contributed by atoms with van der Waals surface area (Å²) in [6.07, 6.45) is -0.267. The molecule has 1 rings (SSSR count). The fourth-order valence-electron chi connectivity index (χ4n) is 2.00. The zero-order valence-electron chi connectivity index (χ0n) is 13.9. The number of amides is 1. The molecule has 9 heteroatoms. The number of ether oxygens (including phenoxy) is 1. The summed E-state index contributed by atoms with van der Waals surface area (Å²) < 4.78 is 5.15. The number of benzene rings is 1. The molecule has 1 aromatic rings. The number of nitro benzene ring substituents is 1. The van der Waals surface area contributed by atoms with E-state index in [0.29, 0.717) is 6.42 Å². The standard InChI is InChI=1S/C16H20N2O7/c1-10(2)9-13(17-14(19)7-8-15(20)21)16(22)25-12-5-3-11(4-6-12)18(23)24/h3-6,10,13H,7-9H2,1-2H3,(H,17,19)(H,20,21)/t13-/m0/s1. The van der Waals surface area contributed by atoms with Crippen LogP contribution in [-0.4, -0.2) is 33.9 Å². The Bertz CT molecular complexity index is 640. The van der Waals surface area contributed by atoms with Gasteiger partial charge in [0.15, 0.2) is 0 Å². The number of carbonyl (C=O) groups is 3. The van der Waals surface area contributed by atoms with Gasteiger partial charge in [0.1, 0.15) is 11.8 Å². The summed E-state index contributed by atoms with van der Waals surface area (Å²) in [6.45, 7) is 3.71. The summed E-state index contributed by atoms with van der Waals surface area (Å²) in [4.78, 5) is 44.5. The summed E-state index contributed by atoms with van der Waals surface area (Å²) in [6, 6.07) is 4.04. The van der Waals surface area contributed by atoms with E-state index >= 15 is 0 Å². The van der Waals surface area contributed by atoms with E-state index in [1.54, 1.807) is 0 Å². The molecule has 0 heterocycles. The Balaban J connectivity index is 2.73. The van der Waals surface area contributed by atoms with Crippen LogP contribution in [0.25, 0.3) is 0 Å². The molecule has 0 aromatic heterocycles. The minimum Gasteiger partial charge on any atom is -0.481 e. The first-order chi connectivity index (χ1) is 11.7. The van der Waals surface area contributed by atoms with Crippen LogP contribution in [0.5, 0.6) is 5.75 Å². The van der Waals surface area contributed by atoms with Gasteiger partial charge in [0.25, 0.3) is 5.69 Å². The Morgan fingerprint density at radius 1 is 1.20 bits per heavy atom. The Labute approximate surface area is 144 Å². The lowest BCUT2D eigenvalue weighted by atomic mass is 10.0. The number of nitrogens with one attached hydrogen (secondary N) is 1. The quantitative estimate of drug-likeness (QED) is 0.300. The molecule has 2 N–H and O–H groups in total. The minimum atomic E-state index is -1.11. The van der Waals surface area contributed by atoms with Crippen LogP contribution in [0.15, 0.2) is 24.3 Å². The van der Waals surface area contributed by atoms with E-state index in [4.69, 9.17) is 9.84 Å². The molecule has 0 aliphatic carbocycles. The van der Waals surface area contributed by atoms with Crippen LogP contribution in [0.3, 0.4) is 0 Å². The number of carboxylic acids is 1. The van der Waals surface area contributed by atoms with E-state index in [1.807, 2.05) is 13.8 Å². The van der Waals surface area contributed by atoms with E-state index in [9.17, 15) is 24.5 Å². The van der Waals surface area contributed by atoms with E-state index in [0.717, 1.165) is 0 Å². The van der Waals surface area contributed by atoms with Crippen LogP contribution in [0, 0.1) is 16.0 Å². The Morgan fingerprint density at radius 2 is 1.80 bits per heavy atom. The molecule has 0 unspecified atom stereocenters. The molecule has 0 spiro atoms. The maximum Gasteiger partial charge on any atom is 0.334 e. The number of carbonyl (C=O) groups excluding carboxylic acids is 2. The molecule has 0 bridgehead atoms. The van der Waals surface area contributed by atoms with Gasteiger partial charge in [0, 0.05) is 18.6 Å². The van der Waals surface area contributed by atoms with Gasteiger partial charge in [-0.2, -0.15) is 0 Å². The maximum atomic E-state index is 12.3. The lowest BCUT2D eigenvalue weighted by Crippen LogP contribution is -2.43. The Morgan fingerprint density at radius 3 is 2.28 bits per heavy atom. The SMILES string of the molecule is CC(C)C[C@H](NC(=O)CCC(=O)O)C(=O)Oc1ccc([N+](=O)[O-])cc1. The van der Waals surface area contributed by atoms with Gasteiger partial charge in [-0.05, 0) is 24.5 Å². The Hall–Kier alpha value is -2.97. The average molecular weight is 352 g/mol. The van der Waals surface area contributed by atoms with Gasteiger partial charge >= 0.3 is 11.9 Å². The van der Waals surface area contributed by atoms with Crippen LogP contribution < -0.4 is 10.1 Å². The number of carboxylic acid groups (broad SMARTS) is 1. The number of esters is 1. The van der Waals surface area contributed by atoms with Crippen LogP contribution in [0.1, 0.15) is 33.1 Å². The van der Waals surface area contributed by atoms with E-state index in [-0.39, 0.29) is 30.2 Å². The molecule has 1 atom stereocenters. The number of rotatable bonds is 9. The normalized spacial score (nSPS) is 11.6.